The summed E-state index contributed by atoms with van der Waals surface area (Å²) in [5, 5.41) is 45.3. The van der Waals surface area contributed by atoms with Crippen LogP contribution in [-0.2, 0) is 0 Å². The molecule has 0 aliphatic carbocycles. The molecule has 4 N–H and O–H groups in total. The SMILES string of the molecule is [2H]C([2H])(Oc1ccc(C(=O)c2c(-c3ccc(O)cc3)sc3c(-c4c(O)ccc5c(C(=O)c6ccc(OC([2H])([2H])C([2H])([2H])N7CCCCC7)cc6)c(-c6ccc(O)cc6)sc45)c(O)ccc23)cc1)C([2H])([2H])N1CCCCC1. The molecule has 0 bridgehead atoms. The molecule has 0 saturated carbocycles. The van der Waals surface area contributed by atoms with E-state index in [9.17, 15) is 30.0 Å². The molecule has 68 heavy (non-hydrogen) atoms. The highest BCUT2D eigenvalue weighted by Crippen LogP contribution is 2.54. The summed E-state index contributed by atoms with van der Waals surface area (Å²) in [4.78, 5) is 33.7. The van der Waals surface area contributed by atoms with Crippen molar-refractivity contribution in [2.45, 2.75) is 38.5 Å². The first-order valence-corrected chi connectivity index (χ1v) is 24.1. The van der Waals surface area contributed by atoms with Gasteiger partial charge in [-0.05, 0) is 184 Å². The average molecular weight is 953 g/mol. The largest absolute Gasteiger partial charge is 0.508 e. The molecule has 8 aromatic rings. The average Bonchev–Trinajstić information content (AvgIpc) is 4.02. The molecule has 0 unspecified atom stereocenters. The number of hydrogen-bond donors (Lipinski definition) is 4. The first-order chi connectivity index (χ1) is 36.2. The van der Waals surface area contributed by atoms with Crippen LogP contribution in [0.3, 0.4) is 0 Å². The van der Waals surface area contributed by atoms with Crippen LogP contribution in [0.15, 0.2) is 121 Å². The zero-order valence-electron chi connectivity index (χ0n) is 44.8. The van der Waals surface area contributed by atoms with Crippen molar-refractivity contribution >= 4 is 54.4 Å². The number of ether oxygens (including phenoxy) is 2. The number of ketones is 2. The lowest BCUT2D eigenvalue weighted by molar-refractivity contribution is 0.103. The van der Waals surface area contributed by atoms with Crippen molar-refractivity contribution in [3.63, 3.8) is 0 Å². The highest BCUT2D eigenvalue weighted by molar-refractivity contribution is 7.24. The number of hydrogen-bond acceptors (Lipinski definition) is 12. The second-order valence-electron chi connectivity index (χ2n) is 16.8. The monoisotopic (exact) mass is 952 g/mol. The Morgan fingerprint density at radius 1 is 0.485 bits per heavy atom. The molecule has 10 rings (SSSR count). The Hall–Kier alpha value is -6.70. The molecule has 12 heteroatoms. The molecule has 346 valence electrons. The quantitative estimate of drug-likeness (QED) is 0.0734. The second kappa shape index (κ2) is 19.9. The van der Waals surface area contributed by atoms with Crippen molar-refractivity contribution in [3.05, 3.63) is 144 Å². The number of carbonyl (C=O) groups is 2. The standard InChI is InChI=1S/C56H52N2O8S2/c59-39-15-7-37(8-16-39)53-47(51(63)35-11-19-41(20-12-35)65-33-31-57-27-3-1-4-28-57)43-23-25-45(61)49(55(43)67-53)50-46(62)26-24-44-48(54(68-56(44)50)38-9-17-40(60)18-10-38)52(64)36-13-21-42(22-14-36)66-34-32-58-29-5-2-6-30-58/h7-26,59-62H,1-6,27-34H2/i31D2,32D2,33D2,34D2. The van der Waals surface area contributed by atoms with Gasteiger partial charge in [0.15, 0.2) is 11.6 Å². The van der Waals surface area contributed by atoms with Crippen LogP contribution in [0.4, 0.5) is 0 Å². The van der Waals surface area contributed by atoms with E-state index in [-0.39, 0.29) is 67.9 Å². The Morgan fingerprint density at radius 2 is 0.853 bits per heavy atom. The van der Waals surface area contributed by atoms with Crippen molar-refractivity contribution in [2.24, 2.45) is 0 Å². The van der Waals surface area contributed by atoms with E-state index >= 15 is 0 Å². The molecule has 0 radical (unpaired) electrons. The Labute approximate surface area is 414 Å². The molecule has 10 nitrogen and oxygen atoms in total. The second-order valence-corrected chi connectivity index (χ2v) is 18.9. The van der Waals surface area contributed by atoms with Gasteiger partial charge in [0.2, 0.25) is 0 Å². The summed E-state index contributed by atoms with van der Waals surface area (Å²) in [5.41, 5.74) is 2.24. The molecular formula is C56H52N2O8S2. The lowest BCUT2D eigenvalue weighted by atomic mass is 9.93. The van der Waals surface area contributed by atoms with Crippen LogP contribution in [0, 0.1) is 0 Å². The molecule has 0 spiro atoms. The van der Waals surface area contributed by atoms with Crippen LogP contribution in [0.25, 0.3) is 52.2 Å². The predicted octanol–water partition coefficient (Wildman–Crippen LogP) is 12.1. The predicted molar refractivity (Wildman–Crippen MR) is 271 cm³/mol. The third kappa shape index (κ3) is 9.29. The van der Waals surface area contributed by atoms with Crippen LogP contribution < -0.4 is 9.47 Å². The van der Waals surface area contributed by atoms with E-state index in [1.807, 2.05) is 0 Å². The number of carbonyl (C=O) groups excluding carboxylic acids is 2. The maximum Gasteiger partial charge on any atom is 0.195 e. The fourth-order valence-corrected chi connectivity index (χ4v) is 11.5. The Balaban J connectivity index is 1.06. The molecular weight excluding hydrogens is 893 g/mol. The van der Waals surface area contributed by atoms with Crippen molar-refractivity contribution in [3.8, 4) is 66.5 Å². The summed E-state index contributed by atoms with van der Waals surface area (Å²) in [7, 11) is 0. The molecule has 2 aromatic heterocycles. The van der Waals surface area contributed by atoms with Crippen molar-refractivity contribution < 1.29 is 50.5 Å². The number of rotatable bonds is 15. The highest BCUT2D eigenvalue weighted by atomic mass is 32.1. The first-order valence-electron chi connectivity index (χ1n) is 26.5. The zero-order valence-corrected chi connectivity index (χ0v) is 38.4. The minimum Gasteiger partial charge on any atom is -0.508 e. The summed E-state index contributed by atoms with van der Waals surface area (Å²) in [5.74, 6) is -1.43. The fourth-order valence-electron chi connectivity index (χ4n) is 8.81. The van der Waals surface area contributed by atoms with Crippen LogP contribution >= 0.6 is 22.7 Å². The van der Waals surface area contributed by atoms with E-state index in [0.717, 1.165) is 61.2 Å². The zero-order chi connectivity index (χ0) is 53.9. The number of aromatic hydroxyl groups is 4. The van der Waals surface area contributed by atoms with Crippen molar-refractivity contribution in [1.29, 1.82) is 0 Å². The first kappa shape index (κ1) is 36.4. The van der Waals surface area contributed by atoms with Gasteiger partial charge in [0.05, 0.1) is 5.48 Å². The summed E-state index contributed by atoms with van der Waals surface area (Å²) >= 11 is 2.33. The topological polar surface area (TPSA) is 140 Å². The number of phenols is 4. The fraction of sp³-hybridized carbons (Fsp3) is 0.250. The normalized spacial score (nSPS) is 17.2. The number of fused-ring (bicyclic) bond motifs is 2. The van der Waals surface area contributed by atoms with E-state index in [1.165, 1.54) is 94.7 Å². The van der Waals surface area contributed by atoms with Gasteiger partial charge in [-0.25, -0.2) is 0 Å². The van der Waals surface area contributed by atoms with Gasteiger partial charge >= 0.3 is 0 Å². The lowest BCUT2D eigenvalue weighted by Crippen LogP contribution is -2.33. The number of piperidine rings is 2. The maximum absolute atomic E-state index is 15.0. The molecule has 6 aromatic carbocycles. The van der Waals surface area contributed by atoms with E-state index in [2.05, 4.69) is 0 Å². The molecule has 0 atom stereocenters. The molecule has 2 aliphatic rings. The third-order valence-electron chi connectivity index (χ3n) is 12.3. The Morgan fingerprint density at radius 3 is 1.22 bits per heavy atom. The lowest BCUT2D eigenvalue weighted by Gasteiger charge is -2.26. The third-order valence-corrected chi connectivity index (χ3v) is 14.9. The minimum atomic E-state index is -2.74. The number of likely N-dealkylation sites (tertiary alicyclic amines) is 2. The maximum atomic E-state index is 15.0. The van der Waals surface area contributed by atoms with E-state index in [1.54, 1.807) is 36.4 Å². The van der Waals surface area contributed by atoms with Gasteiger partial charge in [0.25, 0.3) is 0 Å². The summed E-state index contributed by atoms with van der Waals surface area (Å²) < 4.78 is 81.1. The van der Waals surface area contributed by atoms with E-state index in [0.29, 0.717) is 67.2 Å². The Kier molecular flexibility index (Phi) is 10.6. The van der Waals surface area contributed by atoms with Gasteiger partial charge < -0.3 is 29.9 Å². The number of benzene rings is 6. The highest BCUT2D eigenvalue weighted by Gasteiger charge is 2.30. The number of nitrogens with zero attached hydrogens (tertiary/aromatic N) is 2. The van der Waals surface area contributed by atoms with Crippen LogP contribution in [0.1, 0.15) is 81.3 Å². The molecule has 4 heterocycles. The van der Waals surface area contributed by atoms with Gasteiger partial charge in [-0.2, -0.15) is 0 Å². The van der Waals surface area contributed by atoms with Crippen LogP contribution in [-0.4, -0.2) is 94.1 Å². The van der Waals surface area contributed by atoms with Gasteiger partial charge in [-0.3, -0.25) is 19.4 Å². The molecule has 0 amide bonds. The molecule has 2 fully saturated rings. The van der Waals surface area contributed by atoms with E-state index < -0.39 is 37.7 Å². The van der Waals surface area contributed by atoms with Gasteiger partial charge in [-0.15, -0.1) is 22.7 Å². The summed E-state index contributed by atoms with van der Waals surface area (Å²) in [6.45, 7) is -8.79. The van der Waals surface area contributed by atoms with Crippen LogP contribution in [0.5, 0.6) is 34.5 Å². The van der Waals surface area contributed by atoms with Gasteiger partial charge in [0, 0.05) is 81.8 Å². The summed E-state index contributed by atoms with van der Waals surface area (Å²) in [6.07, 6.45) is 4.84. The van der Waals surface area contributed by atoms with Gasteiger partial charge in [0.1, 0.15) is 47.6 Å². The number of thiophene rings is 2. The van der Waals surface area contributed by atoms with Crippen molar-refractivity contribution in [2.75, 3.05) is 52.3 Å². The summed E-state index contributed by atoms with van der Waals surface area (Å²) in [6, 6.07) is 30.0. The molecule has 2 saturated heterocycles. The smallest absolute Gasteiger partial charge is 0.195 e. The molecule has 2 aliphatic heterocycles. The number of phenolic OH excluding ortho intramolecular Hbond substituents is 4. The van der Waals surface area contributed by atoms with E-state index in [4.69, 9.17) is 20.4 Å². The van der Waals surface area contributed by atoms with Crippen LogP contribution in [0.2, 0.25) is 0 Å². The van der Waals surface area contributed by atoms with Gasteiger partial charge in [-0.1, -0.05) is 12.8 Å². The minimum absolute atomic E-state index is 0.00676. The Bertz CT molecular complexity index is 3250. The van der Waals surface area contributed by atoms with Crippen molar-refractivity contribution in [1.82, 2.24) is 9.80 Å².